The molecule has 0 aromatic heterocycles. The van der Waals surface area contributed by atoms with Crippen LogP contribution < -0.4 is 0 Å². The van der Waals surface area contributed by atoms with Gasteiger partial charge in [0.2, 0.25) is 0 Å². The van der Waals surface area contributed by atoms with Crippen molar-refractivity contribution in [3.63, 3.8) is 0 Å². The summed E-state index contributed by atoms with van der Waals surface area (Å²) < 4.78 is 0. The summed E-state index contributed by atoms with van der Waals surface area (Å²) in [5.74, 6) is 0. The minimum Gasteiger partial charge on any atom is -0.301 e. The highest BCUT2D eigenvalue weighted by molar-refractivity contribution is 4.75. The molecule has 10 heavy (non-hydrogen) atoms. The van der Waals surface area contributed by atoms with Crippen LogP contribution in [-0.2, 0) is 0 Å². The van der Waals surface area contributed by atoms with Crippen LogP contribution in [0.3, 0.4) is 0 Å². The molecule has 0 aromatic rings. The molecule has 1 aliphatic heterocycles. The first-order valence-electron chi connectivity index (χ1n) is 3.93. The molecule has 1 fully saturated rings. The van der Waals surface area contributed by atoms with E-state index in [1.807, 2.05) is 0 Å². The lowest BCUT2D eigenvalue weighted by atomic mass is 9.99. The number of hydrogen-bond acceptors (Lipinski definition) is 1. The van der Waals surface area contributed by atoms with Gasteiger partial charge >= 0.3 is 0 Å². The summed E-state index contributed by atoms with van der Waals surface area (Å²) in [6.07, 6.45) is 4.20. The molecule has 0 aromatic carbocycles. The van der Waals surface area contributed by atoms with Crippen LogP contribution in [0.5, 0.6) is 0 Å². The quantitative estimate of drug-likeness (QED) is 0.503. The van der Waals surface area contributed by atoms with Crippen LogP contribution in [0.1, 0.15) is 40.5 Å². The molecule has 2 atom stereocenters. The molecule has 1 rings (SSSR count). The van der Waals surface area contributed by atoms with E-state index in [1.54, 1.807) is 0 Å². The predicted octanol–water partition coefficient (Wildman–Crippen LogP) is 2.52. The van der Waals surface area contributed by atoms with Crippen molar-refractivity contribution in [1.82, 2.24) is 4.90 Å². The van der Waals surface area contributed by atoms with E-state index in [4.69, 9.17) is 0 Å². The van der Waals surface area contributed by atoms with Crippen molar-refractivity contribution in [2.75, 3.05) is 7.05 Å². The minimum absolute atomic E-state index is 0. The van der Waals surface area contributed by atoms with Crippen LogP contribution in [0.15, 0.2) is 0 Å². The van der Waals surface area contributed by atoms with Gasteiger partial charge in [0.1, 0.15) is 0 Å². The number of likely N-dealkylation sites (tertiary alicyclic amines) is 1. The van der Waals surface area contributed by atoms with E-state index in [-0.39, 0.29) is 7.43 Å². The van der Waals surface area contributed by atoms with Gasteiger partial charge in [0.15, 0.2) is 0 Å². The highest BCUT2D eigenvalue weighted by atomic mass is 15.2. The van der Waals surface area contributed by atoms with Crippen molar-refractivity contribution < 1.29 is 0 Å². The van der Waals surface area contributed by atoms with Gasteiger partial charge in [-0.15, -0.1) is 0 Å². The Balaban J connectivity index is 0.000000810. The zero-order valence-electron chi connectivity index (χ0n) is 6.72. The SMILES string of the molecule is C.C[C@@H]1CCC[C@H](C)N1C. The number of hydrogen-bond donors (Lipinski definition) is 0. The molecular formula is C9H21N. The summed E-state index contributed by atoms with van der Waals surface area (Å²) in [5, 5.41) is 0. The molecule has 1 aliphatic rings. The molecule has 0 spiro atoms. The molecule has 1 heteroatoms. The summed E-state index contributed by atoms with van der Waals surface area (Å²) in [6.45, 7) is 4.63. The summed E-state index contributed by atoms with van der Waals surface area (Å²) in [6, 6.07) is 1.63. The van der Waals surface area contributed by atoms with Crippen LogP contribution >= 0.6 is 0 Å². The van der Waals surface area contributed by atoms with Gasteiger partial charge < -0.3 is 4.90 Å². The second-order valence-electron chi connectivity index (χ2n) is 3.29. The number of rotatable bonds is 0. The van der Waals surface area contributed by atoms with Crippen molar-refractivity contribution in [3.05, 3.63) is 0 Å². The fraction of sp³-hybridized carbons (Fsp3) is 1.00. The van der Waals surface area contributed by atoms with Crippen molar-refractivity contribution >= 4 is 0 Å². The molecule has 0 amide bonds. The van der Waals surface area contributed by atoms with E-state index in [0.717, 1.165) is 12.1 Å². The van der Waals surface area contributed by atoms with Gasteiger partial charge in [0.05, 0.1) is 0 Å². The van der Waals surface area contributed by atoms with Gasteiger partial charge in [0.25, 0.3) is 0 Å². The maximum atomic E-state index is 2.48. The van der Waals surface area contributed by atoms with Gasteiger partial charge in [0, 0.05) is 12.1 Å². The standard InChI is InChI=1S/C8H17N.CH4/c1-7-5-4-6-8(2)9(7)3;/h7-8H,4-6H2,1-3H3;1H4/t7-,8+;. The molecule has 0 N–H and O–H groups in total. The van der Waals surface area contributed by atoms with E-state index < -0.39 is 0 Å². The lowest BCUT2D eigenvalue weighted by molar-refractivity contribution is 0.138. The van der Waals surface area contributed by atoms with Crippen LogP contribution in [-0.4, -0.2) is 24.0 Å². The van der Waals surface area contributed by atoms with Crippen LogP contribution in [0, 0.1) is 0 Å². The minimum atomic E-state index is 0. The third-order valence-electron chi connectivity index (χ3n) is 2.63. The van der Waals surface area contributed by atoms with Crippen molar-refractivity contribution in [3.8, 4) is 0 Å². The summed E-state index contributed by atoms with van der Waals surface area (Å²) >= 11 is 0. The van der Waals surface area contributed by atoms with Crippen molar-refractivity contribution in [2.45, 2.75) is 52.6 Å². The lowest BCUT2D eigenvalue weighted by Crippen LogP contribution is -2.40. The number of piperidine rings is 1. The summed E-state index contributed by atoms with van der Waals surface area (Å²) in [5.41, 5.74) is 0. The number of nitrogens with zero attached hydrogens (tertiary/aromatic N) is 1. The van der Waals surface area contributed by atoms with Crippen molar-refractivity contribution in [1.29, 1.82) is 0 Å². The Morgan fingerprint density at radius 2 is 1.50 bits per heavy atom. The van der Waals surface area contributed by atoms with Crippen LogP contribution in [0.4, 0.5) is 0 Å². The smallest absolute Gasteiger partial charge is 0.00667 e. The Bertz CT molecular complexity index is 80.7. The first kappa shape index (κ1) is 9.96. The zero-order chi connectivity index (χ0) is 6.85. The monoisotopic (exact) mass is 143 g/mol. The van der Waals surface area contributed by atoms with E-state index >= 15 is 0 Å². The lowest BCUT2D eigenvalue weighted by Gasteiger charge is -2.35. The van der Waals surface area contributed by atoms with Gasteiger partial charge in [-0.1, -0.05) is 13.8 Å². The first-order chi connectivity index (χ1) is 4.22. The van der Waals surface area contributed by atoms with Gasteiger partial charge in [-0.3, -0.25) is 0 Å². The average molecular weight is 143 g/mol. The van der Waals surface area contributed by atoms with Gasteiger partial charge in [-0.05, 0) is 33.7 Å². The third kappa shape index (κ3) is 1.98. The van der Waals surface area contributed by atoms with E-state index in [1.165, 1.54) is 19.3 Å². The Morgan fingerprint density at radius 3 is 1.80 bits per heavy atom. The molecule has 62 valence electrons. The Labute approximate surface area is 65.4 Å². The Kier molecular flexibility index (Phi) is 3.95. The average Bonchev–Trinajstić information content (AvgIpc) is 1.83. The van der Waals surface area contributed by atoms with Crippen LogP contribution in [0.25, 0.3) is 0 Å². The molecule has 0 radical (unpaired) electrons. The summed E-state index contributed by atoms with van der Waals surface area (Å²) in [7, 11) is 2.23. The Morgan fingerprint density at radius 1 is 1.10 bits per heavy atom. The second kappa shape index (κ2) is 3.97. The maximum absolute atomic E-state index is 2.48. The molecule has 0 unspecified atom stereocenters. The molecule has 1 saturated heterocycles. The molecular weight excluding hydrogens is 122 g/mol. The maximum Gasteiger partial charge on any atom is 0.00667 e. The van der Waals surface area contributed by atoms with E-state index in [9.17, 15) is 0 Å². The predicted molar refractivity (Wildman–Crippen MR) is 47.3 cm³/mol. The fourth-order valence-electron chi connectivity index (χ4n) is 1.55. The third-order valence-corrected chi connectivity index (χ3v) is 2.63. The molecule has 0 bridgehead atoms. The fourth-order valence-corrected chi connectivity index (χ4v) is 1.55. The summed E-state index contributed by atoms with van der Waals surface area (Å²) in [4.78, 5) is 2.48. The normalized spacial score (nSPS) is 35.1. The highest BCUT2D eigenvalue weighted by Crippen LogP contribution is 2.19. The second-order valence-corrected chi connectivity index (χ2v) is 3.29. The first-order valence-corrected chi connectivity index (χ1v) is 3.93. The largest absolute Gasteiger partial charge is 0.301 e. The van der Waals surface area contributed by atoms with E-state index in [0.29, 0.717) is 0 Å². The van der Waals surface area contributed by atoms with Gasteiger partial charge in [-0.25, -0.2) is 0 Å². The molecule has 1 heterocycles. The highest BCUT2D eigenvalue weighted by Gasteiger charge is 2.19. The van der Waals surface area contributed by atoms with Crippen molar-refractivity contribution in [2.24, 2.45) is 0 Å². The molecule has 0 aliphatic carbocycles. The van der Waals surface area contributed by atoms with Crippen LogP contribution in [0.2, 0.25) is 0 Å². The Hall–Kier alpha value is -0.0400. The topological polar surface area (TPSA) is 3.24 Å². The molecule has 0 saturated carbocycles. The zero-order valence-corrected chi connectivity index (χ0v) is 6.72. The van der Waals surface area contributed by atoms with E-state index in [2.05, 4.69) is 25.8 Å². The van der Waals surface area contributed by atoms with Gasteiger partial charge in [-0.2, -0.15) is 0 Å². The molecule has 1 nitrogen and oxygen atoms in total.